The van der Waals surface area contributed by atoms with Gasteiger partial charge in [0.05, 0.1) is 0 Å². The van der Waals surface area contributed by atoms with Crippen LogP contribution in [0.25, 0.3) is 0 Å². The molecule has 0 saturated carbocycles. The largest absolute Gasteiger partial charge is 0.326 e. The number of amides is 1. The van der Waals surface area contributed by atoms with Gasteiger partial charge in [-0.25, -0.2) is 4.39 Å². The van der Waals surface area contributed by atoms with Crippen LogP contribution >= 0.6 is 0 Å². The maximum atomic E-state index is 13.8. The maximum Gasteiger partial charge on any atom is 0.224 e. The van der Waals surface area contributed by atoms with Gasteiger partial charge in [0.15, 0.2) is 0 Å². The van der Waals surface area contributed by atoms with Gasteiger partial charge in [0.2, 0.25) is 5.91 Å². The van der Waals surface area contributed by atoms with Crippen LogP contribution in [0.3, 0.4) is 0 Å². The molecule has 1 amide bonds. The summed E-state index contributed by atoms with van der Waals surface area (Å²) in [6, 6.07) is 14.3. The number of hydrogen-bond donors (Lipinski definition) is 2. The standard InChI is InChI=1S/C19H23FN2O/c1-3-21-13-15-8-4-7-11-18(15)22-19(23)12-14(2)16-9-5-6-10-17(16)20/h4-11,14,21H,3,12-13H2,1-2H3,(H,22,23). The highest BCUT2D eigenvalue weighted by atomic mass is 19.1. The predicted molar refractivity (Wildman–Crippen MR) is 91.9 cm³/mol. The molecule has 3 nitrogen and oxygen atoms in total. The summed E-state index contributed by atoms with van der Waals surface area (Å²) < 4.78 is 13.8. The van der Waals surface area contributed by atoms with Gasteiger partial charge in [-0.2, -0.15) is 0 Å². The summed E-state index contributed by atoms with van der Waals surface area (Å²) in [4.78, 5) is 12.3. The molecule has 0 radical (unpaired) electrons. The summed E-state index contributed by atoms with van der Waals surface area (Å²) in [7, 11) is 0. The summed E-state index contributed by atoms with van der Waals surface area (Å²) in [5.74, 6) is -0.540. The zero-order valence-corrected chi connectivity index (χ0v) is 13.6. The van der Waals surface area contributed by atoms with Crippen LogP contribution in [0.15, 0.2) is 48.5 Å². The van der Waals surface area contributed by atoms with Crippen LogP contribution in [-0.4, -0.2) is 12.5 Å². The number of nitrogens with one attached hydrogen (secondary N) is 2. The molecule has 4 heteroatoms. The van der Waals surface area contributed by atoms with Gasteiger partial charge in [0.25, 0.3) is 0 Å². The van der Waals surface area contributed by atoms with E-state index in [0.717, 1.165) is 17.8 Å². The van der Waals surface area contributed by atoms with E-state index in [1.807, 2.05) is 38.1 Å². The Kier molecular flexibility index (Phi) is 6.29. The monoisotopic (exact) mass is 314 g/mol. The summed E-state index contributed by atoms with van der Waals surface area (Å²) in [6.45, 7) is 5.47. The summed E-state index contributed by atoms with van der Waals surface area (Å²) in [5, 5.41) is 6.19. The Labute approximate surface area is 136 Å². The number of anilines is 1. The van der Waals surface area contributed by atoms with Crippen LogP contribution < -0.4 is 10.6 Å². The molecule has 2 aromatic carbocycles. The molecule has 0 aliphatic rings. The fourth-order valence-corrected chi connectivity index (χ4v) is 2.52. The Hall–Kier alpha value is -2.20. The van der Waals surface area contributed by atoms with Crippen molar-refractivity contribution in [3.8, 4) is 0 Å². The first-order valence-electron chi connectivity index (χ1n) is 7.94. The second-order valence-electron chi connectivity index (χ2n) is 5.61. The summed E-state index contributed by atoms with van der Waals surface area (Å²) >= 11 is 0. The van der Waals surface area contributed by atoms with Crippen molar-refractivity contribution in [2.45, 2.75) is 32.7 Å². The molecule has 0 aromatic heterocycles. The lowest BCUT2D eigenvalue weighted by molar-refractivity contribution is -0.116. The van der Waals surface area contributed by atoms with Crippen LogP contribution in [0.1, 0.15) is 37.3 Å². The number of rotatable bonds is 7. The Bertz CT molecular complexity index is 657. The van der Waals surface area contributed by atoms with Crippen LogP contribution in [0.2, 0.25) is 0 Å². The average Bonchev–Trinajstić information content (AvgIpc) is 2.54. The number of hydrogen-bond acceptors (Lipinski definition) is 2. The van der Waals surface area contributed by atoms with E-state index >= 15 is 0 Å². The molecule has 0 bridgehead atoms. The lowest BCUT2D eigenvalue weighted by atomic mass is 9.97. The molecule has 0 spiro atoms. The molecule has 0 heterocycles. The van der Waals surface area contributed by atoms with Crippen molar-refractivity contribution >= 4 is 11.6 Å². The van der Waals surface area contributed by atoms with Crippen molar-refractivity contribution in [1.82, 2.24) is 5.32 Å². The Morgan fingerprint density at radius 3 is 2.57 bits per heavy atom. The van der Waals surface area contributed by atoms with Crippen LogP contribution in [0.5, 0.6) is 0 Å². The minimum atomic E-state index is -0.264. The third-order valence-corrected chi connectivity index (χ3v) is 3.78. The third-order valence-electron chi connectivity index (χ3n) is 3.78. The van der Waals surface area contributed by atoms with Crippen molar-refractivity contribution in [3.05, 3.63) is 65.5 Å². The van der Waals surface area contributed by atoms with E-state index in [0.29, 0.717) is 12.1 Å². The van der Waals surface area contributed by atoms with Gasteiger partial charge in [-0.3, -0.25) is 4.79 Å². The van der Waals surface area contributed by atoms with Gasteiger partial charge in [-0.15, -0.1) is 0 Å². The number of benzene rings is 2. The van der Waals surface area contributed by atoms with Gasteiger partial charge in [-0.1, -0.05) is 50.2 Å². The van der Waals surface area contributed by atoms with E-state index in [9.17, 15) is 9.18 Å². The molecule has 23 heavy (non-hydrogen) atoms. The number of carbonyl (C=O) groups is 1. The molecular formula is C19H23FN2O. The van der Waals surface area contributed by atoms with Crippen LogP contribution in [0, 0.1) is 5.82 Å². The lowest BCUT2D eigenvalue weighted by Gasteiger charge is -2.15. The molecule has 122 valence electrons. The van der Waals surface area contributed by atoms with E-state index in [1.54, 1.807) is 18.2 Å². The summed E-state index contributed by atoms with van der Waals surface area (Å²) in [5.41, 5.74) is 2.42. The van der Waals surface area contributed by atoms with Gasteiger partial charge < -0.3 is 10.6 Å². The quantitative estimate of drug-likeness (QED) is 0.809. The highest BCUT2D eigenvalue weighted by Crippen LogP contribution is 2.23. The molecule has 2 rings (SSSR count). The Morgan fingerprint density at radius 1 is 1.13 bits per heavy atom. The predicted octanol–water partition coefficient (Wildman–Crippen LogP) is 4.07. The SMILES string of the molecule is CCNCc1ccccc1NC(=O)CC(C)c1ccccc1F. The normalized spacial score (nSPS) is 12.0. The fraction of sp³-hybridized carbons (Fsp3) is 0.316. The van der Waals surface area contributed by atoms with Crippen molar-refractivity contribution in [2.24, 2.45) is 0 Å². The summed E-state index contributed by atoms with van der Waals surface area (Å²) in [6.07, 6.45) is 0.247. The number of halogens is 1. The van der Waals surface area contributed by atoms with Crippen molar-refractivity contribution in [1.29, 1.82) is 0 Å². The van der Waals surface area contributed by atoms with E-state index in [2.05, 4.69) is 10.6 Å². The Morgan fingerprint density at radius 2 is 1.83 bits per heavy atom. The molecule has 0 saturated heterocycles. The first-order chi connectivity index (χ1) is 11.1. The highest BCUT2D eigenvalue weighted by Gasteiger charge is 2.15. The molecule has 1 unspecified atom stereocenters. The first kappa shape index (κ1) is 17.2. The molecule has 0 aliphatic heterocycles. The first-order valence-corrected chi connectivity index (χ1v) is 7.94. The zero-order chi connectivity index (χ0) is 16.7. The topological polar surface area (TPSA) is 41.1 Å². The van der Waals surface area contributed by atoms with E-state index < -0.39 is 0 Å². The van der Waals surface area contributed by atoms with Crippen molar-refractivity contribution in [2.75, 3.05) is 11.9 Å². The second-order valence-corrected chi connectivity index (χ2v) is 5.61. The molecule has 0 fully saturated rings. The van der Waals surface area contributed by atoms with Crippen molar-refractivity contribution in [3.63, 3.8) is 0 Å². The van der Waals surface area contributed by atoms with Gasteiger partial charge in [-0.05, 0) is 35.7 Å². The lowest BCUT2D eigenvalue weighted by Crippen LogP contribution is -2.18. The molecule has 2 N–H and O–H groups in total. The van der Waals surface area contributed by atoms with Gasteiger partial charge in [0.1, 0.15) is 5.82 Å². The zero-order valence-electron chi connectivity index (χ0n) is 13.6. The molecule has 1 atom stereocenters. The number of para-hydroxylation sites is 1. The Balaban J connectivity index is 2.01. The minimum Gasteiger partial charge on any atom is -0.326 e. The van der Waals surface area contributed by atoms with Gasteiger partial charge >= 0.3 is 0 Å². The third kappa shape index (κ3) is 4.89. The molecule has 2 aromatic rings. The van der Waals surface area contributed by atoms with Crippen molar-refractivity contribution < 1.29 is 9.18 Å². The maximum absolute atomic E-state index is 13.8. The highest BCUT2D eigenvalue weighted by molar-refractivity contribution is 5.92. The second kappa shape index (κ2) is 8.44. The van der Waals surface area contributed by atoms with Crippen LogP contribution in [0.4, 0.5) is 10.1 Å². The minimum absolute atomic E-state index is 0.107. The fourth-order valence-electron chi connectivity index (χ4n) is 2.52. The van der Waals surface area contributed by atoms with E-state index in [1.165, 1.54) is 6.07 Å². The molecule has 0 aliphatic carbocycles. The average molecular weight is 314 g/mol. The van der Waals surface area contributed by atoms with E-state index in [-0.39, 0.29) is 24.1 Å². The molecular weight excluding hydrogens is 291 g/mol. The smallest absolute Gasteiger partial charge is 0.224 e. The van der Waals surface area contributed by atoms with Crippen LogP contribution in [-0.2, 0) is 11.3 Å². The van der Waals surface area contributed by atoms with E-state index in [4.69, 9.17) is 0 Å². The number of carbonyl (C=O) groups excluding carboxylic acids is 1. The van der Waals surface area contributed by atoms with Gasteiger partial charge in [0, 0.05) is 18.7 Å².